The SMILES string of the molecule is CC(=O)N(C)Cc1cccc(C)n1. The van der Waals surface area contributed by atoms with Crippen LogP contribution < -0.4 is 0 Å². The first-order valence-corrected chi connectivity index (χ1v) is 4.24. The van der Waals surface area contributed by atoms with Crippen LogP contribution in [0, 0.1) is 6.92 Å². The van der Waals surface area contributed by atoms with Crippen molar-refractivity contribution in [2.24, 2.45) is 0 Å². The third kappa shape index (κ3) is 2.86. The second kappa shape index (κ2) is 4.03. The number of pyridine rings is 1. The third-order valence-electron chi connectivity index (χ3n) is 1.88. The molecule has 13 heavy (non-hydrogen) atoms. The molecule has 0 saturated heterocycles. The van der Waals surface area contributed by atoms with Crippen molar-refractivity contribution in [2.75, 3.05) is 7.05 Å². The van der Waals surface area contributed by atoms with Gasteiger partial charge in [-0.15, -0.1) is 0 Å². The van der Waals surface area contributed by atoms with Gasteiger partial charge in [-0.25, -0.2) is 0 Å². The van der Waals surface area contributed by atoms with Crippen molar-refractivity contribution in [3.05, 3.63) is 29.6 Å². The van der Waals surface area contributed by atoms with E-state index in [0.29, 0.717) is 6.54 Å². The zero-order valence-corrected chi connectivity index (χ0v) is 8.24. The first kappa shape index (κ1) is 9.71. The number of aromatic nitrogens is 1. The van der Waals surface area contributed by atoms with E-state index >= 15 is 0 Å². The summed E-state index contributed by atoms with van der Waals surface area (Å²) in [6, 6.07) is 5.81. The number of carbonyl (C=O) groups is 1. The topological polar surface area (TPSA) is 33.2 Å². The van der Waals surface area contributed by atoms with Crippen molar-refractivity contribution >= 4 is 5.91 Å². The molecule has 0 aliphatic rings. The summed E-state index contributed by atoms with van der Waals surface area (Å²) in [5.74, 6) is 0.0586. The van der Waals surface area contributed by atoms with Gasteiger partial charge < -0.3 is 4.90 Å². The molecular formula is C10H14N2O. The van der Waals surface area contributed by atoms with E-state index in [-0.39, 0.29) is 5.91 Å². The van der Waals surface area contributed by atoms with Crippen LogP contribution in [0.3, 0.4) is 0 Å². The van der Waals surface area contributed by atoms with Crippen LogP contribution in [-0.2, 0) is 11.3 Å². The molecule has 0 unspecified atom stereocenters. The zero-order chi connectivity index (χ0) is 9.84. The Morgan fingerprint density at radius 1 is 1.54 bits per heavy atom. The molecule has 0 aliphatic heterocycles. The second-order valence-electron chi connectivity index (χ2n) is 3.15. The van der Waals surface area contributed by atoms with Crippen LogP contribution in [0.4, 0.5) is 0 Å². The molecule has 0 aliphatic carbocycles. The van der Waals surface area contributed by atoms with E-state index in [1.165, 1.54) is 0 Å². The van der Waals surface area contributed by atoms with Gasteiger partial charge in [0.05, 0.1) is 12.2 Å². The summed E-state index contributed by atoms with van der Waals surface area (Å²) in [6.07, 6.45) is 0. The van der Waals surface area contributed by atoms with Crippen molar-refractivity contribution in [3.63, 3.8) is 0 Å². The Bertz CT molecular complexity index is 310. The van der Waals surface area contributed by atoms with Crippen molar-refractivity contribution in [2.45, 2.75) is 20.4 Å². The van der Waals surface area contributed by atoms with E-state index in [2.05, 4.69) is 4.98 Å². The molecule has 0 N–H and O–H groups in total. The van der Waals surface area contributed by atoms with Crippen LogP contribution in [0.2, 0.25) is 0 Å². The molecular weight excluding hydrogens is 164 g/mol. The number of aryl methyl sites for hydroxylation is 1. The lowest BCUT2D eigenvalue weighted by Gasteiger charge is -2.13. The van der Waals surface area contributed by atoms with Gasteiger partial charge in [-0.2, -0.15) is 0 Å². The summed E-state index contributed by atoms with van der Waals surface area (Å²) < 4.78 is 0. The molecule has 0 aromatic carbocycles. The third-order valence-corrected chi connectivity index (χ3v) is 1.88. The Morgan fingerprint density at radius 3 is 2.77 bits per heavy atom. The molecule has 3 nitrogen and oxygen atoms in total. The van der Waals surface area contributed by atoms with Gasteiger partial charge in [-0.05, 0) is 19.1 Å². The summed E-state index contributed by atoms with van der Waals surface area (Å²) >= 11 is 0. The predicted octanol–water partition coefficient (Wildman–Crippen LogP) is 1.37. The quantitative estimate of drug-likeness (QED) is 0.685. The van der Waals surface area contributed by atoms with Crippen molar-refractivity contribution in [1.29, 1.82) is 0 Å². The highest BCUT2D eigenvalue weighted by molar-refractivity contribution is 5.72. The maximum absolute atomic E-state index is 10.9. The van der Waals surface area contributed by atoms with Gasteiger partial charge in [-0.3, -0.25) is 9.78 Å². The van der Waals surface area contributed by atoms with Crippen LogP contribution in [0.5, 0.6) is 0 Å². The smallest absolute Gasteiger partial charge is 0.219 e. The van der Waals surface area contributed by atoms with Crippen LogP contribution in [0.1, 0.15) is 18.3 Å². The van der Waals surface area contributed by atoms with E-state index in [1.807, 2.05) is 25.1 Å². The van der Waals surface area contributed by atoms with Gasteiger partial charge in [0.2, 0.25) is 5.91 Å². The Labute approximate surface area is 78.4 Å². The molecule has 0 fully saturated rings. The summed E-state index contributed by atoms with van der Waals surface area (Å²) in [4.78, 5) is 16.9. The lowest BCUT2D eigenvalue weighted by Crippen LogP contribution is -2.23. The average Bonchev–Trinajstić information content (AvgIpc) is 2.04. The van der Waals surface area contributed by atoms with E-state index in [9.17, 15) is 4.79 Å². The minimum atomic E-state index is 0.0586. The first-order valence-electron chi connectivity index (χ1n) is 4.24. The molecule has 1 amide bonds. The Morgan fingerprint density at radius 2 is 2.23 bits per heavy atom. The number of rotatable bonds is 2. The van der Waals surface area contributed by atoms with Crippen molar-refractivity contribution in [3.8, 4) is 0 Å². The minimum absolute atomic E-state index is 0.0586. The van der Waals surface area contributed by atoms with Crippen LogP contribution >= 0.6 is 0 Å². The zero-order valence-electron chi connectivity index (χ0n) is 8.24. The van der Waals surface area contributed by atoms with Gasteiger partial charge in [0.15, 0.2) is 0 Å². The summed E-state index contributed by atoms with van der Waals surface area (Å²) in [5.41, 5.74) is 1.91. The normalized spacial score (nSPS) is 9.77. The predicted molar refractivity (Wildman–Crippen MR) is 51.1 cm³/mol. The van der Waals surface area contributed by atoms with Gasteiger partial charge in [0.25, 0.3) is 0 Å². The second-order valence-corrected chi connectivity index (χ2v) is 3.15. The van der Waals surface area contributed by atoms with Gasteiger partial charge >= 0.3 is 0 Å². The molecule has 1 aromatic heterocycles. The van der Waals surface area contributed by atoms with Gasteiger partial charge in [0, 0.05) is 19.7 Å². The van der Waals surface area contributed by atoms with E-state index in [1.54, 1.807) is 18.9 Å². The van der Waals surface area contributed by atoms with E-state index in [4.69, 9.17) is 0 Å². The van der Waals surface area contributed by atoms with E-state index in [0.717, 1.165) is 11.4 Å². The van der Waals surface area contributed by atoms with E-state index < -0.39 is 0 Å². The number of carbonyl (C=O) groups excluding carboxylic acids is 1. The largest absolute Gasteiger partial charge is 0.340 e. The maximum atomic E-state index is 10.9. The number of hydrogen-bond donors (Lipinski definition) is 0. The fourth-order valence-corrected chi connectivity index (χ4v) is 1.04. The highest BCUT2D eigenvalue weighted by atomic mass is 16.2. The Hall–Kier alpha value is -1.38. The molecule has 1 heterocycles. The van der Waals surface area contributed by atoms with Crippen molar-refractivity contribution in [1.82, 2.24) is 9.88 Å². The molecule has 1 aromatic rings. The number of amides is 1. The van der Waals surface area contributed by atoms with Gasteiger partial charge in [-0.1, -0.05) is 6.07 Å². The lowest BCUT2D eigenvalue weighted by atomic mass is 10.3. The maximum Gasteiger partial charge on any atom is 0.219 e. The van der Waals surface area contributed by atoms with Crippen LogP contribution in [0.15, 0.2) is 18.2 Å². The molecule has 0 spiro atoms. The first-order chi connectivity index (χ1) is 6.09. The molecule has 70 valence electrons. The average molecular weight is 178 g/mol. The van der Waals surface area contributed by atoms with Crippen molar-refractivity contribution < 1.29 is 4.79 Å². The molecule has 3 heteroatoms. The highest BCUT2D eigenvalue weighted by Gasteiger charge is 2.03. The highest BCUT2D eigenvalue weighted by Crippen LogP contribution is 2.01. The molecule has 0 atom stereocenters. The lowest BCUT2D eigenvalue weighted by molar-refractivity contribution is -0.128. The Balaban J connectivity index is 2.69. The van der Waals surface area contributed by atoms with Gasteiger partial charge in [0.1, 0.15) is 0 Å². The fraction of sp³-hybridized carbons (Fsp3) is 0.400. The summed E-state index contributed by atoms with van der Waals surface area (Å²) in [7, 11) is 1.77. The Kier molecular flexibility index (Phi) is 3.01. The van der Waals surface area contributed by atoms with Crippen LogP contribution in [0.25, 0.3) is 0 Å². The molecule has 0 saturated carbocycles. The number of nitrogens with zero attached hydrogens (tertiary/aromatic N) is 2. The summed E-state index contributed by atoms with van der Waals surface area (Å²) in [5, 5.41) is 0. The summed E-state index contributed by atoms with van der Waals surface area (Å²) in [6.45, 7) is 4.07. The number of hydrogen-bond acceptors (Lipinski definition) is 2. The molecule has 1 rings (SSSR count). The standard InChI is InChI=1S/C10H14N2O/c1-8-5-4-6-10(11-8)7-12(3)9(2)13/h4-6H,7H2,1-3H3. The molecule has 0 radical (unpaired) electrons. The fourth-order valence-electron chi connectivity index (χ4n) is 1.04. The minimum Gasteiger partial charge on any atom is -0.340 e. The molecule has 0 bridgehead atoms. The monoisotopic (exact) mass is 178 g/mol. The van der Waals surface area contributed by atoms with Crippen LogP contribution in [-0.4, -0.2) is 22.8 Å².